The molecule has 0 bridgehead atoms. The minimum atomic E-state index is -0.425. The maximum atomic E-state index is 11.2. The number of hydrogen-bond donors (Lipinski definition) is 1. The van der Waals surface area contributed by atoms with Crippen LogP contribution >= 0.6 is 0 Å². The lowest BCUT2D eigenvalue weighted by Crippen LogP contribution is -2.49. The Labute approximate surface area is 108 Å². The number of hydrogen-bond acceptors (Lipinski definition) is 3. The molecular weight excluding hydrogens is 228 g/mol. The SMILES string of the molecule is CC1Oc2cc(C(N)=O)ccc2CN(C)C1(C)C. The van der Waals surface area contributed by atoms with E-state index in [4.69, 9.17) is 10.5 Å². The minimum Gasteiger partial charge on any atom is -0.488 e. The number of primary amides is 1. The first kappa shape index (κ1) is 12.9. The maximum absolute atomic E-state index is 11.2. The molecule has 1 aromatic rings. The van der Waals surface area contributed by atoms with E-state index in [1.54, 1.807) is 12.1 Å². The molecule has 0 aliphatic carbocycles. The lowest BCUT2D eigenvalue weighted by atomic mass is 9.97. The highest BCUT2D eigenvalue weighted by molar-refractivity contribution is 5.93. The monoisotopic (exact) mass is 248 g/mol. The number of ether oxygens (including phenoxy) is 1. The van der Waals surface area contributed by atoms with Crippen LogP contribution in [0.2, 0.25) is 0 Å². The van der Waals surface area contributed by atoms with Gasteiger partial charge < -0.3 is 10.5 Å². The summed E-state index contributed by atoms with van der Waals surface area (Å²) in [4.78, 5) is 13.5. The van der Waals surface area contributed by atoms with E-state index in [-0.39, 0.29) is 11.6 Å². The van der Waals surface area contributed by atoms with Crippen molar-refractivity contribution in [2.75, 3.05) is 7.05 Å². The predicted molar refractivity (Wildman–Crippen MR) is 70.6 cm³/mol. The lowest BCUT2D eigenvalue weighted by molar-refractivity contribution is 0.0416. The summed E-state index contributed by atoms with van der Waals surface area (Å²) in [5.41, 5.74) is 6.81. The molecule has 0 spiro atoms. The molecule has 0 aromatic heterocycles. The highest BCUT2D eigenvalue weighted by atomic mass is 16.5. The van der Waals surface area contributed by atoms with Crippen molar-refractivity contribution in [1.82, 2.24) is 4.90 Å². The van der Waals surface area contributed by atoms with Crippen LogP contribution in [0.15, 0.2) is 18.2 Å². The van der Waals surface area contributed by atoms with Crippen LogP contribution in [0.3, 0.4) is 0 Å². The molecule has 1 aliphatic heterocycles. The third-order valence-electron chi connectivity index (χ3n) is 4.04. The van der Waals surface area contributed by atoms with Gasteiger partial charge in [0.15, 0.2) is 0 Å². The quantitative estimate of drug-likeness (QED) is 0.824. The van der Waals surface area contributed by atoms with E-state index in [1.165, 1.54) is 0 Å². The van der Waals surface area contributed by atoms with Gasteiger partial charge in [-0.3, -0.25) is 9.69 Å². The van der Waals surface area contributed by atoms with Gasteiger partial charge in [0.05, 0.1) is 5.54 Å². The van der Waals surface area contributed by atoms with Crippen LogP contribution < -0.4 is 10.5 Å². The lowest BCUT2D eigenvalue weighted by Gasteiger charge is -2.37. The molecule has 0 saturated carbocycles. The van der Waals surface area contributed by atoms with Crippen LogP contribution in [0.25, 0.3) is 0 Å². The van der Waals surface area contributed by atoms with Crippen molar-refractivity contribution in [1.29, 1.82) is 0 Å². The standard InChI is InChI=1S/C14H20N2O2/c1-9-14(2,3)16(4)8-11-6-5-10(13(15)17)7-12(11)18-9/h5-7,9H,8H2,1-4H3,(H2,15,17). The fourth-order valence-corrected chi connectivity index (χ4v) is 2.05. The van der Waals surface area contributed by atoms with Crippen molar-refractivity contribution >= 4 is 5.91 Å². The average molecular weight is 248 g/mol. The molecule has 98 valence electrons. The highest BCUT2D eigenvalue weighted by Crippen LogP contribution is 2.32. The molecule has 1 aromatic carbocycles. The number of fused-ring (bicyclic) bond motifs is 1. The smallest absolute Gasteiger partial charge is 0.248 e. The van der Waals surface area contributed by atoms with Gasteiger partial charge in [-0.2, -0.15) is 0 Å². The molecule has 4 nitrogen and oxygen atoms in total. The van der Waals surface area contributed by atoms with Crippen molar-refractivity contribution in [3.63, 3.8) is 0 Å². The largest absolute Gasteiger partial charge is 0.488 e. The molecule has 1 aliphatic rings. The van der Waals surface area contributed by atoms with Crippen LogP contribution in [0, 0.1) is 0 Å². The van der Waals surface area contributed by atoms with E-state index in [1.807, 2.05) is 13.0 Å². The summed E-state index contributed by atoms with van der Waals surface area (Å²) >= 11 is 0. The van der Waals surface area contributed by atoms with Crippen molar-refractivity contribution in [3.05, 3.63) is 29.3 Å². The van der Waals surface area contributed by atoms with E-state index in [9.17, 15) is 4.79 Å². The van der Waals surface area contributed by atoms with Crippen LogP contribution in [-0.4, -0.2) is 29.5 Å². The predicted octanol–water partition coefficient (Wildman–Crippen LogP) is 1.78. The van der Waals surface area contributed by atoms with Gasteiger partial charge in [-0.15, -0.1) is 0 Å². The van der Waals surface area contributed by atoms with Gasteiger partial charge in [-0.1, -0.05) is 6.07 Å². The van der Waals surface area contributed by atoms with Crippen LogP contribution in [0.5, 0.6) is 5.75 Å². The molecule has 1 heterocycles. The van der Waals surface area contributed by atoms with E-state index >= 15 is 0 Å². The van der Waals surface area contributed by atoms with Crippen LogP contribution in [0.1, 0.15) is 36.7 Å². The minimum absolute atomic E-state index is 0.0341. The second kappa shape index (κ2) is 4.28. The molecule has 0 fully saturated rings. The molecule has 4 heteroatoms. The van der Waals surface area contributed by atoms with Gasteiger partial charge in [0, 0.05) is 17.7 Å². The molecule has 1 unspecified atom stereocenters. The summed E-state index contributed by atoms with van der Waals surface area (Å²) in [6.07, 6.45) is 0.0341. The Morgan fingerprint density at radius 1 is 1.50 bits per heavy atom. The zero-order valence-electron chi connectivity index (χ0n) is 11.4. The summed E-state index contributed by atoms with van der Waals surface area (Å²) in [6.45, 7) is 7.14. The van der Waals surface area contributed by atoms with Gasteiger partial charge in [0.25, 0.3) is 0 Å². The normalized spacial score (nSPS) is 22.8. The second-order valence-corrected chi connectivity index (χ2v) is 5.46. The maximum Gasteiger partial charge on any atom is 0.248 e. The first-order valence-electron chi connectivity index (χ1n) is 6.13. The molecule has 1 amide bonds. The molecule has 2 rings (SSSR count). The van der Waals surface area contributed by atoms with E-state index in [2.05, 4.69) is 25.8 Å². The molecule has 0 radical (unpaired) electrons. The van der Waals surface area contributed by atoms with Gasteiger partial charge in [0.2, 0.25) is 5.91 Å². The number of rotatable bonds is 1. The van der Waals surface area contributed by atoms with Gasteiger partial charge >= 0.3 is 0 Å². The zero-order chi connectivity index (χ0) is 13.5. The topological polar surface area (TPSA) is 55.6 Å². The van der Waals surface area contributed by atoms with Crippen LogP contribution in [-0.2, 0) is 6.54 Å². The Kier molecular flexibility index (Phi) is 3.07. The van der Waals surface area contributed by atoms with Crippen molar-refractivity contribution in [2.45, 2.75) is 39.0 Å². The number of likely N-dealkylation sites (N-methyl/N-ethyl adjacent to an activating group) is 1. The van der Waals surface area contributed by atoms with Crippen molar-refractivity contribution in [3.8, 4) is 5.75 Å². The first-order chi connectivity index (χ1) is 8.32. The van der Waals surface area contributed by atoms with Crippen molar-refractivity contribution < 1.29 is 9.53 Å². The summed E-state index contributed by atoms with van der Waals surface area (Å²) in [5.74, 6) is 0.335. The summed E-state index contributed by atoms with van der Waals surface area (Å²) in [6, 6.07) is 5.41. The summed E-state index contributed by atoms with van der Waals surface area (Å²) in [5, 5.41) is 0. The second-order valence-electron chi connectivity index (χ2n) is 5.46. The molecular formula is C14H20N2O2. The number of carbonyl (C=O) groups excluding carboxylic acids is 1. The molecule has 18 heavy (non-hydrogen) atoms. The number of nitrogens with two attached hydrogens (primary N) is 1. The Balaban J connectivity index is 2.43. The Bertz CT molecular complexity index is 483. The van der Waals surface area contributed by atoms with Gasteiger partial charge in [-0.25, -0.2) is 0 Å². The fourth-order valence-electron chi connectivity index (χ4n) is 2.05. The number of benzene rings is 1. The third-order valence-corrected chi connectivity index (χ3v) is 4.04. The molecule has 0 saturated heterocycles. The summed E-state index contributed by atoms with van der Waals surface area (Å²) in [7, 11) is 2.08. The Morgan fingerprint density at radius 3 is 2.78 bits per heavy atom. The molecule has 1 atom stereocenters. The molecule has 2 N–H and O–H groups in total. The number of nitrogens with zero attached hydrogens (tertiary/aromatic N) is 1. The Morgan fingerprint density at radius 2 is 2.17 bits per heavy atom. The van der Waals surface area contributed by atoms with E-state index in [0.717, 1.165) is 17.9 Å². The Hall–Kier alpha value is -1.55. The van der Waals surface area contributed by atoms with Crippen molar-refractivity contribution in [2.24, 2.45) is 5.73 Å². The zero-order valence-corrected chi connectivity index (χ0v) is 11.4. The number of carbonyl (C=O) groups is 1. The van der Waals surface area contributed by atoms with Gasteiger partial charge in [-0.05, 0) is 40.0 Å². The average Bonchev–Trinajstić information content (AvgIpc) is 2.37. The first-order valence-corrected chi connectivity index (χ1v) is 6.13. The van der Waals surface area contributed by atoms with Crippen LogP contribution in [0.4, 0.5) is 0 Å². The van der Waals surface area contributed by atoms with Gasteiger partial charge in [0.1, 0.15) is 11.9 Å². The van der Waals surface area contributed by atoms with E-state index in [0.29, 0.717) is 5.56 Å². The summed E-state index contributed by atoms with van der Waals surface area (Å²) < 4.78 is 5.98. The fraction of sp³-hybridized carbons (Fsp3) is 0.500. The third kappa shape index (κ3) is 2.08. The number of amides is 1. The highest BCUT2D eigenvalue weighted by Gasteiger charge is 2.35. The van der Waals surface area contributed by atoms with E-state index < -0.39 is 5.91 Å².